The van der Waals surface area contributed by atoms with Crippen molar-refractivity contribution in [1.29, 1.82) is 0 Å². The van der Waals surface area contributed by atoms with Crippen molar-refractivity contribution in [3.8, 4) is 5.75 Å². The summed E-state index contributed by atoms with van der Waals surface area (Å²) in [5.41, 5.74) is 1.42. The molecule has 1 saturated heterocycles. The number of ether oxygens (including phenoxy) is 1. The summed E-state index contributed by atoms with van der Waals surface area (Å²) in [5.74, 6) is -1.17. The summed E-state index contributed by atoms with van der Waals surface area (Å²) in [6, 6.07) is 7.10. The molecule has 0 spiro atoms. The van der Waals surface area contributed by atoms with Crippen molar-refractivity contribution in [2.75, 3.05) is 23.7 Å². The van der Waals surface area contributed by atoms with Gasteiger partial charge >= 0.3 is 5.97 Å². The van der Waals surface area contributed by atoms with E-state index in [1.165, 1.54) is 0 Å². The number of fused-ring (bicyclic) bond motifs is 1. The van der Waals surface area contributed by atoms with E-state index in [9.17, 15) is 18.0 Å². The Morgan fingerprint density at radius 1 is 1.28 bits per heavy atom. The van der Waals surface area contributed by atoms with E-state index in [0.29, 0.717) is 28.6 Å². The Hall–Kier alpha value is -2.67. The van der Waals surface area contributed by atoms with Crippen LogP contribution in [0.2, 0.25) is 0 Å². The van der Waals surface area contributed by atoms with E-state index in [1.807, 2.05) is 6.92 Å². The van der Waals surface area contributed by atoms with E-state index >= 15 is 0 Å². The summed E-state index contributed by atoms with van der Waals surface area (Å²) in [6.45, 7) is 1.38. The fourth-order valence-electron chi connectivity index (χ4n) is 3.00. The van der Waals surface area contributed by atoms with Gasteiger partial charge in [0.1, 0.15) is 10.9 Å². The summed E-state index contributed by atoms with van der Waals surface area (Å²) < 4.78 is 37.6. The number of amides is 1. The molecule has 0 saturated carbocycles. The molecule has 1 aromatic carbocycles. The molecule has 1 amide bonds. The molecule has 2 N–H and O–H groups in total. The lowest BCUT2D eigenvalue weighted by molar-refractivity contribution is -0.140. The third-order valence-electron chi connectivity index (χ3n) is 4.54. The minimum atomic E-state index is -4.16. The van der Waals surface area contributed by atoms with Gasteiger partial charge in [-0.15, -0.1) is 0 Å². The number of benzene rings is 1. The smallest absolute Gasteiger partial charge is 0.323 e. The number of para-hydroxylation sites is 2. The van der Waals surface area contributed by atoms with Crippen LogP contribution in [0.4, 0.5) is 5.69 Å². The van der Waals surface area contributed by atoms with E-state index in [1.54, 1.807) is 47.4 Å². The average molecular weight is 497 g/mol. The van der Waals surface area contributed by atoms with Gasteiger partial charge in [0.25, 0.3) is 16.0 Å². The minimum Gasteiger partial charge on any atom is -0.480 e. The largest absolute Gasteiger partial charge is 0.480 e. The first-order valence-electron chi connectivity index (χ1n) is 9.46. The quantitative estimate of drug-likeness (QED) is 0.315. The second-order valence-electron chi connectivity index (χ2n) is 6.77. The molecule has 0 radical (unpaired) electrons. The molecule has 2 heterocycles. The van der Waals surface area contributed by atoms with E-state index in [2.05, 4.69) is 0 Å². The highest BCUT2D eigenvalue weighted by Gasteiger charge is 2.33. The lowest BCUT2D eigenvalue weighted by Crippen LogP contribution is -2.33. The molecule has 1 fully saturated rings. The maximum Gasteiger partial charge on any atom is 0.323 e. The number of nitrogens with zero attached hydrogens (tertiary/aromatic N) is 2. The van der Waals surface area contributed by atoms with Crippen LogP contribution in [0.3, 0.4) is 0 Å². The van der Waals surface area contributed by atoms with Crippen LogP contribution in [0.1, 0.15) is 13.3 Å². The number of rotatable bonds is 8. The number of thioether (sulfide) groups is 1. The Morgan fingerprint density at radius 3 is 2.66 bits per heavy atom. The number of anilines is 1. The topological polar surface area (TPSA) is 124 Å². The highest BCUT2D eigenvalue weighted by atomic mass is 32.2. The average Bonchev–Trinajstić information content (AvgIpc) is 3.20. The molecule has 0 aromatic heterocycles. The number of hydrogen-bond donors (Lipinski definition) is 2. The number of carboxylic acid groups (broad SMARTS) is 1. The fraction of sp³-hybridized carbons (Fsp3) is 0.250. The van der Waals surface area contributed by atoms with Gasteiger partial charge in [-0.1, -0.05) is 49.1 Å². The van der Waals surface area contributed by atoms with Crippen LogP contribution >= 0.6 is 24.0 Å². The molecule has 170 valence electrons. The molecule has 0 bridgehead atoms. The van der Waals surface area contributed by atoms with Crippen molar-refractivity contribution < 1.29 is 32.4 Å². The zero-order valence-electron chi connectivity index (χ0n) is 16.9. The van der Waals surface area contributed by atoms with Gasteiger partial charge in [0.05, 0.1) is 16.3 Å². The van der Waals surface area contributed by atoms with Crippen LogP contribution in [0.15, 0.2) is 58.9 Å². The molecule has 1 aromatic rings. The molecule has 3 rings (SSSR count). The van der Waals surface area contributed by atoms with Crippen molar-refractivity contribution in [3.05, 3.63) is 58.9 Å². The maximum absolute atomic E-state index is 12.5. The number of carbonyl (C=O) groups is 2. The zero-order valence-corrected chi connectivity index (χ0v) is 19.4. The summed E-state index contributed by atoms with van der Waals surface area (Å²) in [4.78, 5) is 26.4. The molecule has 12 heteroatoms. The standard InChI is InChI=1S/C20H20N2O7S3/c1-2-13(11-16-19(25)22(12-18(23)24)20(30)31-16)7-8-17-21(9-10-32(26,27)28)14-5-3-4-6-15(14)29-17/h3-8,11H,2,9-10,12H2,1H3,(H,23,24)(H,26,27,28). The minimum absolute atomic E-state index is 0.00910. The van der Waals surface area contributed by atoms with Crippen LogP contribution in [0.5, 0.6) is 5.75 Å². The van der Waals surface area contributed by atoms with Crippen LogP contribution in [-0.4, -0.2) is 58.0 Å². The van der Waals surface area contributed by atoms with E-state index in [-0.39, 0.29) is 10.9 Å². The van der Waals surface area contributed by atoms with Crippen LogP contribution in [-0.2, 0) is 19.7 Å². The van der Waals surface area contributed by atoms with Crippen molar-refractivity contribution >= 4 is 56.0 Å². The van der Waals surface area contributed by atoms with E-state index < -0.39 is 34.3 Å². The van der Waals surface area contributed by atoms with Gasteiger partial charge in [-0.3, -0.25) is 19.0 Å². The van der Waals surface area contributed by atoms with Crippen LogP contribution < -0.4 is 9.64 Å². The fourth-order valence-corrected chi connectivity index (χ4v) is 4.68. The monoisotopic (exact) mass is 496 g/mol. The summed E-state index contributed by atoms with van der Waals surface area (Å²) in [5, 5.41) is 8.95. The van der Waals surface area contributed by atoms with Crippen molar-refractivity contribution in [3.63, 3.8) is 0 Å². The normalized spacial score (nSPS) is 19.1. The first-order valence-corrected chi connectivity index (χ1v) is 12.3. The highest BCUT2D eigenvalue weighted by molar-refractivity contribution is 8.26. The van der Waals surface area contributed by atoms with Gasteiger partial charge in [-0.05, 0) is 36.3 Å². The predicted molar refractivity (Wildman–Crippen MR) is 125 cm³/mol. The number of hydrogen-bond acceptors (Lipinski definition) is 8. The van der Waals surface area contributed by atoms with Crippen LogP contribution in [0.25, 0.3) is 0 Å². The van der Waals surface area contributed by atoms with Gasteiger partial charge in [-0.25, -0.2) is 0 Å². The Bertz CT molecular complexity index is 1160. The Kier molecular flexibility index (Phi) is 7.39. The molecule has 2 aliphatic rings. The number of thiocarbonyl (C=S) groups is 1. The summed E-state index contributed by atoms with van der Waals surface area (Å²) >= 11 is 6.14. The number of carbonyl (C=O) groups excluding carboxylic acids is 1. The molecular weight excluding hydrogens is 476 g/mol. The Morgan fingerprint density at radius 2 is 2.00 bits per heavy atom. The molecule has 0 aliphatic carbocycles. The van der Waals surface area contributed by atoms with Crippen molar-refractivity contribution in [2.45, 2.75) is 13.3 Å². The van der Waals surface area contributed by atoms with Gasteiger partial charge in [-0.2, -0.15) is 8.42 Å². The van der Waals surface area contributed by atoms with Gasteiger partial charge in [0, 0.05) is 6.54 Å². The van der Waals surface area contributed by atoms with Crippen molar-refractivity contribution in [1.82, 2.24) is 4.90 Å². The number of aliphatic carboxylic acids is 1. The second kappa shape index (κ2) is 9.86. The molecule has 32 heavy (non-hydrogen) atoms. The summed E-state index contributed by atoms with van der Waals surface area (Å²) in [7, 11) is -4.16. The zero-order chi connectivity index (χ0) is 23.5. The first kappa shape index (κ1) is 24.0. The Balaban J connectivity index is 1.86. The first-order chi connectivity index (χ1) is 15.1. The lowest BCUT2D eigenvalue weighted by atomic mass is 10.1. The highest BCUT2D eigenvalue weighted by Crippen LogP contribution is 2.38. The van der Waals surface area contributed by atoms with Gasteiger partial charge < -0.3 is 14.7 Å². The molecule has 2 aliphatic heterocycles. The van der Waals surface area contributed by atoms with Gasteiger partial charge in [0.2, 0.25) is 5.88 Å². The van der Waals surface area contributed by atoms with Crippen LogP contribution in [0, 0.1) is 0 Å². The summed E-state index contributed by atoms with van der Waals surface area (Å²) in [6.07, 6.45) is 5.58. The molecule has 0 unspecified atom stereocenters. The third-order valence-corrected chi connectivity index (χ3v) is 6.62. The van der Waals surface area contributed by atoms with E-state index in [4.69, 9.17) is 26.6 Å². The SMILES string of the molecule is CCC(=CC=C1Oc2ccccc2N1CCS(=O)(=O)O)C=C1SC(=S)N(CC(=O)O)C1=O. The third kappa shape index (κ3) is 5.76. The molecule has 9 nitrogen and oxygen atoms in total. The lowest BCUT2D eigenvalue weighted by Gasteiger charge is -2.17. The Labute approximate surface area is 194 Å². The van der Waals surface area contributed by atoms with Crippen molar-refractivity contribution in [2.24, 2.45) is 0 Å². The van der Waals surface area contributed by atoms with Gasteiger partial charge in [0.15, 0.2) is 5.75 Å². The number of allylic oxidation sites excluding steroid dienone is 4. The van der Waals surface area contributed by atoms with E-state index in [0.717, 1.165) is 22.2 Å². The number of carboxylic acids is 1. The molecular formula is C20H20N2O7S3. The maximum atomic E-state index is 12.5. The second-order valence-corrected chi connectivity index (χ2v) is 10.0. The predicted octanol–water partition coefficient (Wildman–Crippen LogP) is 2.78. The molecule has 0 atom stereocenters.